The van der Waals surface area contributed by atoms with Crippen LogP contribution < -0.4 is 10.9 Å². The first kappa shape index (κ1) is 20.3. The summed E-state index contributed by atoms with van der Waals surface area (Å²) in [6.45, 7) is -0.00666. The van der Waals surface area contributed by atoms with Crippen molar-refractivity contribution in [3.05, 3.63) is 106 Å². The van der Waals surface area contributed by atoms with Crippen molar-refractivity contribution >= 4 is 22.6 Å². The molecule has 9 heteroatoms. The third-order valence-corrected chi connectivity index (χ3v) is 4.63. The monoisotopic (exact) mass is 427 g/mol. The lowest BCUT2D eigenvalue weighted by atomic mass is 10.1. The van der Waals surface area contributed by atoms with E-state index in [1.54, 1.807) is 12.1 Å². The largest absolute Gasteiger partial charge is 0.319 e. The first-order valence-electron chi connectivity index (χ1n) is 9.03. The van der Waals surface area contributed by atoms with Crippen LogP contribution in [0.4, 0.5) is 23.2 Å². The molecule has 0 saturated heterocycles. The van der Waals surface area contributed by atoms with Crippen molar-refractivity contribution in [1.82, 2.24) is 9.55 Å². The number of pyridine rings is 2. The van der Waals surface area contributed by atoms with Gasteiger partial charge in [-0.25, -0.2) is 22.5 Å². The second-order valence-electron chi connectivity index (χ2n) is 6.67. The van der Waals surface area contributed by atoms with E-state index in [9.17, 15) is 27.2 Å². The Balaban J connectivity index is 1.79. The Labute approximate surface area is 172 Å². The number of hydrogen-bond donors (Lipinski definition) is 1. The van der Waals surface area contributed by atoms with Crippen LogP contribution in [0, 0.1) is 23.3 Å². The summed E-state index contributed by atoms with van der Waals surface area (Å²) in [5.41, 5.74) is -0.838. The van der Waals surface area contributed by atoms with E-state index in [1.807, 2.05) is 0 Å². The smallest absolute Gasteiger partial charge is 0.265 e. The Morgan fingerprint density at radius 2 is 1.71 bits per heavy atom. The van der Waals surface area contributed by atoms with Gasteiger partial charge in [-0.1, -0.05) is 12.1 Å². The maximum absolute atomic E-state index is 13.9. The minimum Gasteiger partial charge on any atom is -0.319 e. The van der Waals surface area contributed by atoms with Crippen molar-refractivity contribution in [2.45, 2.75) is 6.54 Å². The van der Waals surface area contributed by atoms with Crippen molar-refractivity contribution in [2.75, 3.05) is 5.32 Å². The molecular weight excluding hydrogens is 414 g/mol. The van der Waals surface area contributed by atoms with Crippen LogP contribution >= 0.6 is 0 Å². The van der Waals surface area contributed by atoms with Gasteiger partial charge >= 0.3 is 0 Å². The van der Waals surface area contributed by atoms with E-state index in [0.29, 0.717) is 17.0 Å². The van der Waals surface area contributed by atoms with Gasteiger partial charge in [0.05, 0.1) is 12.2 Å². The normalized spacial score (nSPS) is 11.0. The molecular formula is C22H13F4N3O2. The van der Waals surface area contributed by atoms with Gasteiger partial charge in [0.2, 0.25) is 0 Å². The molecule has 2 aromatic carbocycles. The van der Waals surface area contributed by atoms with Crippen LogP contribution in [-0.4, -0.2) is 15.5 Å². The molecule has 0 aliphatic carbocycles. The first-order valence-corrected chi connectivity index (χ1v) is 9.03. The highest BCUT2D eigenvalue weighted by Crippen LogP contribution is 2.21. The molecule has 2 aromatic heterocycles. The molecule has 1 amide bonds. The fourth-order valence-electron chi connectivity index (χ4n) is 3.10. The zero-order valence-electron chi connectivity index (χ0n) is 15.7. The molecule has 0 radical (unpaired) electrons. The molecule has 0 spiro atoms. The number of halogens is 4. The van der Waals surface area contributed by atoms with Gasteiger partial charge in [-0.2, -0.15) is 0 Å². The van der Waals surface area contributed by atoms with Crippen molar-refractivity contribution in [3.8, 4) is 0 Å². The summed E-state index contributed by atoms with van der Waals surface area (Å²) in [4.78, 5) is 29.9. The average Bonchev–Trinajstić information content (AvgIpc) is 2.77. The molecule has 4 aromatic rings. The van der Waals surface area contributed by atoms with Crippen molar-refractivity contribution < 1.29 is 22.4 Å². The van der Waals surface area contributed by atoms with Gasteiger partial charge in [0.1, 0.15) is 17.0 Å². The summed E-state index contributed by atoms with van der Waals surface area (Å²) in [5, 5.41) is 2.54. The van der Waals surface area contributed by atoms with Gasteiger partial charge in [0.15, 0.2) is 17.5 Å². The summed E-state index contributed by atoms with van der Waals surface area (Å²) in [6.07, 6.45) is 1.47. The second kappa shape index (κ2) is 8.02. The summed E-state index contributed by atoms with van der Waals surface area (Å²) in [5.74, 6) is -6.18. The van der Waals surface area contributed by atoms with Crippen LogP contribution in [0.2, 0.25) is 0 Å². The molecule has 0 aliphatic heterocycles. The standard InChI is InChI=1S/C22H13F4N3O2/c23-14-5-3-12(4-6-14)11-29-20-13(2-1-9-27-20)10-15(22(29)31)21(30)28-17-8-7-16(24)18(25)19(17)26/h1-10H,11H2,(H,28,30). The molecule has 0 saturated carbocycles. The third kappa shape index (κ3) is 3.89. The highest BCUT2D eigenvalue weighted by atomic mass is 19.2. The van der Waals surface area contributed by atoms with Gasteiger partial charge < -0.3 is 5.32 Å². The number of nitrogens with one attached hydrogen (secondary N) is 1. The number of amides is 1. The SMILES string of the molecule is O=C(Nc1ccc(F)c(F)c1F)c1cc2cccnc2n(Cc2ccc(F)cc2)c1=O. The number of anilines is 1. The number of hydrogen-bond acceptors (Lipinski definition) is 3. The minimum atomic E-state index is -1.74. The van der Waals surface area contributed by atoms with Crippen molar-refractivity contribution in [1.29, 1.82) is 0 Å². The summed E-state index contributed by atoms with van der Waals surface area (Å²) in [7, 11) is 0. The molecule has 4 rings (SSSR count). The second-order valence-corrected chi connectivity index (χ2v) is 6.67. The Kier molecular flexibility index (Phi) is 5.24. The van der Waals surface area contributed by atoms with E-state index in [1.165, 1.54) is 41.1 Å². The molecule has 156 valence electrons. The van der Waals surface area contributed by atoms with Crippen molar-refractivity contribution in [3.63, 3.8) is 0 Å². The first-order chi connectivity index (χ1) is 14.8. The van der Waals surface area contributed by atoms with Crippen LogP contribution in [0.3, 0.4) is 0 Å². The topological polar surface area (TPSA) is 64.0 Å². The molecule has 2 heterocycles. The molecule has 5 nitrogen and oxygen atoms in total. The predicted octanol–water partition coefficient (Wildman–Crippen LogP) is 4.25. The van der Waals surface area contributed by atoms with Crippen molar-refractivity contribution in [2.24, 2.45) is 0 Å². The zero-order valence-corrected chi connectivity index (χ0v) is 15.7. The average molecular weight is 427 g/mol. The quantitative estimate of drug-likeness (QED) is 0.391. The van der Waals surface area contributed by atoms with Crippen LogP contribution in [-0.2, 0) is 6.54 Å². The van der Waals surface area contributed by atoms with Gasteiger partial charge in [-0.15, -0.1) is 0 Å². The molecule has 0 unspecified atom stereocenters. The van der Waals surface area contributed by atoms with Crippen LogP contribution in [0.15, 0.2) is 65.6 Å². The molecule has 0 atom stereocenters. The Morgan fingerprint density at radius 1 is 0.968 bits per heavy atom. The van der Waals surface area contributed by atoms with Crippen LogP contribution in [0.1, 0.15) is 15.9 Å². The fraction of sp³-hybridized carbons (Fsp3) is 0.0455. The van der Waals surface area contributed by atoms with E-state index >= 15 is 0 Å². The van der Waals surface area contributed by atoms with Gasteiger partial charge in [-0.3, -0.25) is 14.2 Å². The van der Waals surface area contributed by atoms with E-state index in [2.05, 4.69) is 10.3 Å². The van der Waals surface area contributed by atoms with Crippen LogP contribution in [0.5, 0.6) is 0 Å². The Hall–Kier alpha value is -4.01. The summed E-state index contributed by atoms with van der Waals surface area (Å²) >= 11 is 0. The van der Waals surface area contributed by atoms with E-state index in [-0.39, 0.29) is 17.8 Å². The lowest BCUT2D eigenvalue weighted by Gasteiger charge is -2.13. The van der Waals surface area contributed by atoms with E-state index < -0.39 is 40.4 Å². The number of nitrogens with zero attached hydrogens (tertiary/aromatic N) is 2. The minimum absolute atomic E-state index is 0.00666. The Bertz CT molecular complexity index is 1370. The zero-order chi connectivity index (χ0) is 22.1. The number of rotatable bonds is 4. The van der Waals surface area contributed by atoms with Gasteiger partial charge in [0, 0.05) is 11.6 Å². The van der Waals surface area contributed by atoms with Crippen LogP contribution in [0.25, 0.3) is 11.0 Å². The highest BCUT2D eigenvalue weighted by molar-refractivity contribution is 6.05. The maximum Gasteiger partial charge on any atom is 0.265 e. The summed E-state index contributed by atoms with van der Waals surface area (Å²) in [6, 6.07) is 11.5. The number of benzene rings is 2. The van der Waals surface area contributed by atoms with E-state index in [0.717, 1.165) is 6.07 Å². The lowest BCUT2D eigenvalue weighted by Crippen LogP contribution is -2.30. The Morgan fingerprint density at radius 3 is 2.45 bits per heavy atom. The predicted molar refractivity (Wildman–Crippen MR) is 106 cm³/mol. The molecule has 0 aliphatic rings. The molecule has 1 N–H and O–H groups in total. The molecule has 31 heavy (non-hydrogen) atoms. The number of fused-ring (bicyclic) bond motifs is 1. The maximum atomic E-state index is 13.9. The molecule has 0 fully saturated rings. The number of carbonyl (C=O) groups excluding carboxylic acids is 1. The summed E-state index contributed by atoms with van der Waals surface area (Å²) < 4.78 is 55.0. The van der Waals surface area contributed by atoms with E-state index in [4.69, 9.17) is 0 Å². The molecule has 0 bridgehead atoms. The third-order valence-electron chi connectivity index (χ3n) is 4.63. The highest BCUT2D eigenvalue weighted by Gasteiger charge is 2.20. The lowest BCUT2D eigenvalue weighted by molar-refractivity contribution is 0.102. The van der Waals surface area contributed by atoms with Gasteiger partial charge in [0.25, 0.3) is 11.5 Å². The number of carbonyl (C=O) groups is 1. The van der Waals surface area contributed by atoms with Gasteiger partial charge in [-0.05, 0) is 48.0 Å². The fourth-order valence-corrected chi connectivity index (χ4v) is 3.10. The number of aromatic nitrogens is 2.